The van der Waals surface area contributed by atoms with Crippen molar-refractivity contribution in [2.45, 2.75) is 25.9 Å². The molecule has 3 aromatic rings. The fourth-order valence-electron chi connectivity index (χ4n) is 2.75. The molecule has 3 rings (SSSR count). The molecule has 0 radical (unpaired) electrons. The number of methoxy groups -OCH3 is 1. The van der Waals surface area contributed by atoms with E-state index in [9.17, 15) is 9.59 Å². The Labute approximate surface area is 150 Å². The monoisotopic (exact) mass is 352 g/mol. The lowest BCUT2D eigenvalue weighted by Gasteiger charge is -2.14. The molecule has 1 heterocycles. The van der Waals surface area contributed by atoms with Crippen LogP contribution in [0.25, 0.3) is 10.9 Å². The summed E-state index contributed by atoms with van der Waals surface area (Å²) in [6.45, 7) is 1.75. The molecule has 26 heavy (non-hydrogen) atoms. The number of hydrogen-bond acceptors (Lipinski definition) is 5. The first-order valence-corrected chi connectivity index (χ1v) is 8.31. The van der Waals surface area contributed by atoms with Gasteiger partial charge in [-0.05, 0) is 43.2 Å². The standard InChI is InChI=1S/C19H20N4O3/c1-13(11-14-7-9-15(26-2)10-8-14)20-18(24)12-23-19(25)16-5-3-4-6-17(16)21-22-23/h3-10,13H,11-12H2,1-2H3,(H,20,24)/t13-/m1/s1. The summed E-state index contributed by atoms with van der Waals surface area (Å²) in [5, 5.41) is 11.1. The van der Waals surface area contributed by atoms with Crippen LogP contribution in [0.3, 0.4) is 0 Å². The van der Waals surface area contributed by atoms with Gasteiger partial charge in [-0.15, -0.1) is 5.10 Å². The van der Waals surface area contributed by atoms with Crippen LogP contribution >= 0.6 is 0 Å². The van der Waals surface area contributed by atoms with Gasteiger partial charge in [0, 0.05) is 6.04 Å². The van der Waals surface area contributed by atoms with Crippen molar-refractivity contribution in [1.82, 2.24) is 20.3 Å². The van der Waals surface area contributed by atoms with Crippen molar-refractivity contribution in [3.63, 3.8) is 0 Å². The van der Waals surface area contributed by atoms with Gasteiger partial charge in [-0.25, -0.2) is 4.68 Å². The summed E-state index contributed by atoms with van der Waals surface area (Å²) in [6, 6.07) is 14.5. The van der Waals surface area contributed by atoms with E-state index in [2.05, 4.69) is 15.6 Å². The first-order valence-electron chi connectivity index (χ1n) is 8.31. The van der Waals surface area contributed by atoms with E-state index in [4.69, 9.17) is 4.74 Å². The topological polar surface area (TPSA) is 86.1 Å². The van der Waals surface area contributed by atoms with Crippen LogP contribution in [0.15, 0.2) is 53.3 Å². The van der Waals surface area contributed by atoms with E-state index in [1.807, 2.05) is 31.2 Å². The van der Waals surface area contributed by atoms with E-state index in [0.717, 1.165) is 16.0 Å². The van der Waals surface area contributed by atoms with Gasteiger partial charge in [-0.3, -0.25) is 9.59 Å². The van der Waals surface area contributed by atoms with E-state index < -0.39 is 0 Å². The van der Waals surface area contributed by atoms with Crippen molar-refractivity contribution >= 4 is 16.8 Å². The maximum absolute atomic E-state index is 12.4. The minimum atomic E-state index is -0.325. The van der Waals surface area contributed by atoms with E-state index >= 15 is 0 Å². The van der Waals surface area contributed by atoms with Crippen LogP contribution in [0.4, 0.5) is 0 Å². The molecule has 7 nitrogen and oxygen atoms in total. The predicted octanol–water partition coefficient (Wildman–Crippen LogP) is 1.55. The van der Waals surface area contributed by atoms with Gasteiger partial charge >= 0.3 is 0 Å². The first-order chi connectivity index (χ1) is 12.6. The van der Waals surface area contributed by atoms with Crippen molar-refractivity contribution in [3.05, 3.63) is 64.4 Å². The molecule has 0 spiro atoms. The lowest BCUT2D eigenvalue weighted by molar-refractivity contribution is -0.122. The number of nitrogens with zero attached hydrogens (tertiary/aromatic N) is 3. The Kier molecular flexibility index (Phi) is 5.26. The molecule has 0 saturated carbocycles. The van der Waals surface area contributed by atoms with Crippen LogP contribution in [-0.2, 0) is 17.8 Å². The van der Waals surface area contributed by atoms with Crippen LogP contribution in [0.1, 0.15) is 12.5 Å². The highest BCUT2D eigenvalue weighted by Gasteiger charge is 2.12. The number of fused-ring (bicyclic) bond motifs is 1. The van der Waals surface area contributed by atoms with E-state index in [0.29, 0.717) is 17.3 Å². The highest BCUT2D eigenvalue weighted by molar-refractivity contribution is 5.78. The molecule has 2 aromatic carbocycles. The summed E-state index contributed by atoms with van der Waals surface area (Å²) < 4.78 is 6.21. The Morgan fingerprint density at radius 1 is 1.19 bits per heavy atom. The lowest BCUT2D eigenvalue weighted by atomic mass is 10.1. The number of hydrogen-bond donors (Lipinski definition) is 1. The van der Waals surface area contributed by atoms with Crippen molar-refractivity contribution in [1.29, 1.82) is 0 Å². The van der Waals surface area contributed by atoms with E-state index in [-0.39, 0.29) is 24.1 Å². The number of rotatable bonds is 6. The number of nitrogens with one attached hydrogen (secondary N) is 1. The minimum absolute atomic E-state index is 0.0833. The molecule has 0 saturated heterocycles. The average molecular weight is 352 g/mol. The number of carbonyl (C=O) groups excluding carboxylic acids is 1. The van der Waals surface area contributed by atoms with Gasteiger partial charge in [0.15, 0.2) is 0 Å². The third-order valence-electron chi connectivity index (χ3n) is 4.03. The van der Waals surface area contributed by atoms with Crippen LogP contribution in [0.2, 0.25) is 0 Å². The number of carbonyl (C=O) groups is 1. The zero-order chi connectivity index (χ0) is 18.5. The maximum Gasteiger partial charge on any atom is 0.278 e. The molecule has 0 fully saturated rings. The van der Waals surface area contributed by atoms with Crippen LogP contribution in [-0.4, -0.2) is 34.1 Å². The lowest BCUT2D eigenvalue weighted by Crippen LogP contribution is -2.39. The number of aromatic nitrogens is 3. The maximum atomic E-state index is 12.4. The molecule has 134 valence electrons. The Hall–Kier alpha value is -3.22. The molecular weight excluding hydrogens is 332 g/mol. The first kappa shape index (κ1) is 17.6. The van der Waals surface area contributed by atoms with Crippen LogP contribution < -0.4 is 15.6 Å². The van der Waals surface area contributed by atoms with Crippen molar-refractivity contribution in [2.24, 2.45) is 0 Å². The second-order valence-corrected chi connectivity index (χ2v) is 6.09. The zero-order valence-electron chi connectivity index (χ0n) is 14.7. The normalized spacial score (nSPS) is 11.9. The van der Waals surface area contributed by atoms with Gasteiger partial charge in [0.2, 0.25) is 5.91 Å². The fraction of sp³-hybridized carbons (Fsp3) is 0.263. The second-order valence-electron chi connectivity index (χ2n) is 6.09. The molecule has 1 N–H and O–H groups in total. The van der Waals surface area contributed by atoms with Gasteiger partial charge in [0.05, 0.1) is 12.5 Å². The smallest absolute Gasteiger partial charge is 0.278 e. The fourth-order valence-corrected chi connectivity index (χ4v) is 2.75. The molecule has 0 aliphatic rings. The highest BCUT2D eigenvalue weighted by atomic mass is 16.5. The van der Waals surface area contributed by atoms with Crippen LogP contribution in [0.5, 0.6) is 5.75 Å². The number of benzene rings is 2. The summed E-state index contributed by atoms with van der Waals surface area (Å²) in [7, 11) is 1.62. The van der Waals surface area contributed by atoms with Gasteiger partial charge < -0.3 is 10.1 Å². The van der Waals surface area contributed by atoms with Gasteiger partial charge in [-0.1, -0.05) is 29.5 Å². The number of ether oxygens (including phenoxy) is 1. The van der Waals surface area contributed by atoms with Gasteiger partial charge in [0.1, 0.15) is 17.8 Å². The molecule has 1 amide bonds. The molecule has 1 aromatic heterocycles. The predicted molar refractivity (Wildman–Crippen MR) is 98.1 cm³/mol. The SMILES string of the molecule is COc1ccc(C[C@@H](C)NC(=O)Cn2nnc3ccccc3c2=O)cc1. The summed E-state index contributed by atoms with van der Waals surface area (Å²) in [4.78, 5) is 24.6. The Morgan fingerprint density at radius 3 is 2.65 bits per heavy atom. The molecule has 0 aliphatic heterocycles. The van der Waals surface area contributed by atoms with Crippen molar-refractivity contribution < 1.29 is 9.53 Å². The third-order valence-corrected chi connectivity index (χ3v) is 4.03. The summed E-state index contributed by atoms with van der Waals surface area (Å²) in [5.74, 6) is 0.511. The quantitative estimate of drug-likeness (QED) is 0.727. The minimum Gasteiger partial charge on any atom is -0.497 e. The largest absolute Gasteiger partial charge is 0.497 e. The third kappa shape index (κ3) is 4.05. The Balaban J connectivity index is 1.63. The van der Waals surface area contributed by atoms with E-state index in [1.54, 1.807) is 31.4 Å². The molecule has 0 unspecified atom stereocenters. The van der Waals surface area contributed by atoms with Gasteiger partial charge in [0.25, 0.3) is 5.56 Å². The zero-order valence-corrected chi connectivity index (χ0v) is 14.7. The second kappa shape index (κ2) is 7.77. The highest BCUT2D eigenvalue weighted by Crippen LogP contribution is 2.12. The van der Waals surface area contributed by atoms with E-state index in [1.165, 1.54) is 0 Å². The van der Waals surface area contributed by atoms with Crippen LogP contribution in [0, 0.1) is 0 Å². The molecule has 7 heteroatoms. The molecular formula is C19H20N4O3. The molecule has 0 bridgehead atoms. The summed E-state index contributed by atoms with van der Waals surface area (Å²) in [6.07, 6.45) is 0.675. The Morgan fingerprint density at radius 2 is 1.92 bits per heavy atom. The summed E-state index contributed by atoms with van der Waals surface area (Å²) >= 11 is 0. The molecule has 1 atom stereocenters. The number of amides is 1. The Bertz CT molecular complexity index is 966. The van der Waals surface area contributed by atoms with Crippen molar-refractivity contribution in [2.75, 3.05) is 7.11 Å². The van der Waals surface area contributed by atoms with Gasteiger partial charge in [-0.2, -0.15) is 0 Å². The average Bonchev–Trinajstić information content (AvgIpc) is 2.65. The van der Waals surface area contributed by atoms with Crippen molar-refractivity contribution in [3.8, 4) is 5.75 Å². The molecule has 0 aliphatic carbocycles. The summed E-state index contributed by atoms with van der Waals surface area (Å²) in [5.41, 5.74) is 1.27.